The largest absolute Gasteiger partial charge is 0.461 e. The lowest BCUT2D eigenvalue weighted by Gasteiger charge is -1.99. The zero-order valence-corrected chi connectivity index (χ0v) is 15.6. The molecular weight excluding hydrogens is 376 g/mol. The number of hydrazone groups is 1. The molecule has 0 saturated carbocycles. The van der Waals surface area contributed by atoms with Crippen molar-refractivity contribution in [2.45, 2.75) is 13.8 Å². The van der Waals surface area contributed by atoms with E-state index in [2.05, 4.69) is 20.7 Å². The molecule has 0 aliphatic heterocycles. The highest BCUT2D eigenvalue weighted by molar-refractivity contribution is 7.14. The Morgan fingerprint density at radius 2 is 2.27 bits per heavy atom. The Hall–Kier alpha value is -2.71. The number of carbonyl (C=O) groups excluding carboxylic acids is 1. The molecule has 0 amide bonds. The lowest BCUT2D eigenvalue weighted by Crippen LogP contribution is -2.06. The molecule has 0 bridgehead atoms. The third-order valence-electron chi connectivity index (χ3n) is 3.36. The van der Waals surface area contributed by atoms with E-state index >= 15 is 0 Å². The van der Waals surface area contributed by atoms with Gasteiger partial charge in [-0.15, -0.1) is 11.3 Å². The van der Waals surface area contributed by atoms with Gasteiger partial charge in [0.2, 0.25) is 10.8 Å². The summed E-state index contributed by atoms with van der Waals surface area (Å²) in [7, 11) is 0. The first kappa shape index (κ1) is 18.1. The average molecular weight is 391 g/mol. The Kier molecular flexibility index (Phi) is 5.65. The van der Waals surface area contributed by atoms with Crippen LogP contribution in [0.2, 0.25) is 5.02 Å². The van der Waals surface area contributed by atoms with Crippen molar-refractivity contribution in [3.63, 3.8) is 0 Å². The number of nitrogens with zero attached hydrogens (tertiary/aromatic N) is 3. The van der Waals surface area contributed by atoms with E-state index < -0.39 is 5.97 Å². The van der Waals surface area contributed by atoms with Crippen molar-refractivity contribution in [2.75, 3.05) is 12.0 Å². The van der Waals surface area contributed by atoms with Crippen molar-refractivity contribution in [3.05, 3.63) is 51.7 Å². The number of anilines is 1. The molecule has 3 rings (SSSR count). The summed E-state index contributed by atoms with van der Waals surface area (Å²) in [5, 5.41) is 10.9. The van der Waals surface area contributed by atoms with Gasteiger partial charge in [-0.1, -0.05) is 35.0 Å². The van der Waals surface area contributed by atoms with E-state index in [0.29, 0.717) is 27.2 Å². The fraction of sp³-hybridized carbons (Fsp3) is 0.176. The third-order valence-corrected chi connectivity index (χ3v) is 4.45. The second-order valence-corrected chi connectivity index (χ2v) is 6.38. The number of ether oxygens (including phenoxy) is 1. The number of nitrogens with one attached hydrogen (secondary N) is 1. The topological polar surface area (TPSA) is 89.6 Å². The van der Waals surface area contributed by atoms with Crippen LogP contribution in [-0.2, 0) is 4.74 Å². The smallest absolute Gasteiger partial charge is 0.361 e. The number of hydrogen-bond donors (Lipinski definition) is 1. The minimum absolute atomic E-state index is 0.112. The summed E-state index contributed by atoms with van der Waals surface area (Å²) in [5.74, 6) is -0.0527. The van der Waals surface area contributed by atoms with Gasteiger partial charge in [-0.05, 0) is 19.9 Å². The van der Waals surface area contributed by atoms with Gasteiger partial charge in [-0.3, -0.25) is 5.43 Å². The number of carbonyl (C=O) groups is 1. The van der Waals surface area contributed by atoms with E-state index in [1.54, 1.807) is 31.5 Å². The summed E-state index contributed by atoms with van der Waals surface area (Å²) in [4.78, 5) is 16.4. The highest BCUT2D eigenvalue weighted by Gasteiger charge is 2.24. The van der Waals surface area contributed by atoms with E-state index in [9.17, 15) is 4.79 Å². The Morgan fingerprint density at radius 1 is 1.46 bits per heavy atom. The van der Waals surface area contributed by atoms with Gasteiger partial charge in [-0.25, -0.2) is 9.78 Å². The second-order valence-electron chi connectivity index (χ2n) is 5.11. The molecule has 134 valence electrons. The standard InChI is InChI=1S/C17H15ClN4O3S/c1-3-24-16(23)15-14(10(2)25-22-15)13-9-26-17(20-13)21-19-8-11-6-4-5-7-12(11)18/h4-9H,3H2,1-2H3,(H,20,21). The van der Waals surface area contributed by atoms with E-state index in [4.69, 9.17) is 20.9 Å². The average Bonchev–Trinajstić information content (AvgIpc) is 3.23. The number of esters is 1. The lowest BCUT2D eigenvalue weighted by molar-refractivity contribution is 0.0515. The van der Waals surface area contributed by atoms with Crippen LogP contribution in [0.1, 0.15) is 28.7 Å². The molecule has 0 spiro atoms. The number of aryl methyl sites for hydroxylation is 1. The first-order valence-electron chi connectivity index (χ1n) is 7.73. The van der Waals surface area contributed by atoms with Crippen LogP contribution in [0.3, 0.4) is 0 Å². The van der Waals surface area contributed by atoms with Crippen molar-refractivity contribution >= 4 is 40.3 Å². The van der Waals surface area contributed by atoms with Crippen LogP contribution in [0.25, 0.3) is 11.3 Å². The maximum absolute atomic E-state index is 12.0. The highest BCUT2D eigenvalue weighted by atomic mass is 35.5. The summed E-state index contributed by atoms with van der Waals surface area (Å²) >= 11 is 7.41. The Balaban J connectivity index is 1.78. The molecule has 9 heteroatoms. The van der Waals surface area contributed by atoms with Crippen molar-refractivity contribution < 1.29 is 14.1 Å². The van der Waals surface area contributed by atoms with Crippen LogP contribution in [0, 0.1) is 6.92 Å². The molecule has 1 N–H and O–H groups in total. The number of benzene rings is 1. The quantitative estimate of drug-likeness (QED) is 0.381. The fourth-order valence-electron chi connectivity index (χ4n) is 2.19. The number of halogens is 1. The van der Waals surface area contributed by atoms with Crippen LogP contribution in [0.15, 0.2) is 39.3 Å². The van der Waals surface area contributed by atoms with Gasteiger partial charge >= 0.3 is 5.97 Å². The van der Waals surface area contributed by atoms with Gasteiger partial charge in [0, 0.05) is 16.0 Å². The number of rotatable bonds is 6. The van der Waals surface area contributed by atoms with E-state index in [1.165, 1.54) is 11.3 Å². The number of aromatic nitrogens is 2. The van der Waals surface area contributed by atoms with Crippen molar-refractivity contribution in [2.24, 2.45) is 5.10 Å². The molecule has 2 aromatic heterocycles. The molecule has 0 fully saturated rings. The van der Waals surface area contributed by atoms with Gasteiger partial charge in [0.1, 0.15) is 5.76 Å². The highest BCUT2D eigenvalue weighted by Crippen LogP contribution is 2.30. The van der Waals surface area contributed by atoms with Gasteiger partial charge < -0.3 is 9.26 Å². The van der Waals surface area contributed by atoms with Crippen molar-refractivity contribution in [3.8, 4) is 11.3 Å². The first-order valence-corrected chi connectivity index (χ1v) is 8.98. The molecule has 2 heterocycles. The molecule has 0 atom stereocenters. The zero-order chi connectivity index (χ0) is 18.5. The number of thiazole rings is 1. The Morgan fingerprint density at radius 3 is 3.04 bits per heavy atom. The minimum Gasteiger partial charge on any atom is -0.461 e. The van der Waals surface area contributed by atoms with Crippen molar-refractivity contribution in [1.82, 2.24) is 10.1 Å². The summed E-state index contributed by atoms with van der Waals surface area (Å²) in [6.07, 6.45) is 1.61. The van der Waals surface area contributed by atoms with Crippen LogP contribution >= 0.6 is 22.9 Å². The van der Waals surface area contributed by atoms with Gasteiger partial charge in [0.25, 0.3) is 0 Å². The van der Waals surface area contributed by atoms with Gasteiger partial charge in [0.15, 0.2) is 0 Å². The van der Waals surface area contributed by atoms with E-state index in [1.807, 2.05) is 18.2 Å². The molecule has 0 unspecified atom stereocenters. The van der Waals surface area contributed by atoms with Crippen LogP contribution in [0.4, 0.5) is 5.13 Å². The lowest BCUT2D eigenvalue weighted by atomic mass is 10.1. The summed E-state index contributed by atoms with van der Waals surface area (Å²) in [5.41, 5.74) is 4.83. The maximum atomic E-state index is 12.0. The molecule has 0 aliphatic rings. The normalized spacial score (nSPS) is 11.0. The molecule has 1 aromatic carbocycles. The molecular formula is C17H15ClN4O3S. The van der Waals surface area contributed by atoms with Crippen LogP contribution in [0.5, 0.6) is 0 Å². The van der Waals surface area contributed by atoms with Crippen molar-refractivity contribution in [1.29, 1.82) is 0 Å². The molecule has 7 nitrogen and oxygen atoms in total. The minimum atomic E-state index is -0.543. The Bertz CT molecular complexity index is 951. The second kappa shape index (κ2) is 8.11. The fourth-order valence-corrected chi connectivity index (χ4v) is 3.02. The van der Waals surface area contributed by atoms with E-state index in [0.717, 1.165) is 5.56 Å². The monoisotopic (exact) mass is 390 g/mol. The third kappa shape index (κ3) is 3.92. The molecule has 3 aromatic rings. The van der Waals surface area contributed by atoms with Gasteiger partial charge in [-0.2, -0.15) is 5.10 Å². The first-order chi connectivity index (χ1) is 12.6. The Labute approximate surface area is 158 Å². The summed E-state index contributed by atoms with van der Waals surface area (Å²) in [6, 6.07) is 7.37. The predicted octanol–water partition coefficient (Wildman–Crippen LogP) is 4.38. The maximum Gasteiger partial charge on any atom is 0.361 e. The SMILES string of the molecule is CCOC(=O)c1noc(C)c1-c1csc(NN=Cc2ccccc2Cl)n1. The van der Waals surface area contributed by atoms with Gasteiger partial charge in [0.05, 0.1) is 24.1 Å². The number of hydrogen-bond acceptors (Lipinski definition) is 8. The van der Waals surface area contributed by atoms with Crippen LogP contribution in [-0.4, -0.2) is 28.9 Å². The zero-order valence-electron chi connectivity index (χ0n) is 14.0. The van der Waals surface area contributed by atoms with Crippen LogP contribution < -0.4 is 5.43 Å². The molecule has 0 saturated heterocycles. The summed E-state index contributed by atoms with van der Waals surface area (Å²) < 4.78 is 10.1. The summed E-state index contributed by atoms with van der Waals surface area (Å²) in [6.45, 7) is 3.70. The molecule has 26 heavy (non-hydrogen) atoms. The van der Waals surface area contributed by atoms with E-state index in [-0.39, 0.29) is 12.3 Å². The molecule has 0 aliphatic carbocycles. The molecule has 0 radical (unpaired) electrons. The predicted molar refractivity (Wildman–Crippen MR) is 101 cm³/mol.